The van der Waals surface area contributed by atoms with Crippen LogP contribution in [0, 0.1) is 11.8 Å². The molecule has 5 atom stereocenters. The van der Waals surface area contributed by atoms with Crippen LogP contribution in [0.25, 0.3) is 0 Å². The second-order valence-corrected chi connectivity index (χ2v) is 10.4. The maximum absolute atomic E-state index is 13.8. The minimum atomic E-state index is -1.05. The normalized spacial score (nSPS) is 33.6. The average Bonchev–Trinajstić information content (AvgIpc) is 3.44. The molecule has 3 amide bonds. The zero-order valence-electron chi connectivity index (χ0n) is 20.8. The molecule has 4 heterocycles. The lowest BCUT2D eigenvalue weighted by Crippen LogP contribution is -2.56. The third kappa shape index (κ3) is 4.30. The lowest BCUT2D eigenvalue weighted by Gasteiger charge is -2.33. The summed E-state index contributed by atoms with van der Waals surface area (Å²) in [6.07, 6.45) is 1.48. The second kappa shape index (κ2) is 10.1. The molecule has 4 fully saturated rings. The minimum Gasteiger partial charge on any atom is -0.396 e. The van der Waals surface area contributed by atoms with Crippen LogP contribution in [0.1, 0.15) is 26.2 Å². The quantitative estimate of drug-likeness (QED) is 0.444. The van der Waals surface area contributed by atoms with E-state index < -0.39 is 29.1 Å². The molecule has 10 heteroatoms. The largest absolute Gasteiger partial charge is 0.396 e. The van der Waals surface area contributed by atoms with Crippen LogP contribution < -0.4 is 10.6 Å². The topological polar surface area (TPSA) is 120 Å². The van der Waals surface area contributed by atoms with Crippen molar-refractivity contribution < 1.29 is 29.0 Å². The number of hydrogen-bond acceptors (Lipinski definition) is 7. The van der Waals surface area contributed by atoms with E-state index in [9.17, 15) is 19.5 Å². The van der Waals surface area contributed by atoms with Gasteiger partial charge in [0.1, 0.15) is 11.6 Å². The van der Waals surface area contributed by atoms with E-state index in [0.717, 1.165) is 13.1 Å². The number of carbonyl (C=O) groups excluding carboxylic acids is 3. The Bertz CT molecular complexity index is 986. The Morgan fingerprint density at radius 1 is 1.11 bits per heavy atom. The van der Waals surface area contributed by atoms with Gasteiger partial charge in [-0.05, 0) is 38.3 Å². The molecular weight excluding hydrogens is 464 g/mol. The van der Waals surface area contributed by atoms with Gasteiger partial charge < -0.3 is 30.1 Å². The van der Waals surface area contributed by atoms with E-state index >= 15 is 0 Å². The van der Waals surface area contributed by atoms with Crippen molar-refractivity contribution in [3.05, 3.63) is 30.3 Å². The lowest BCUT2D eigenvalue weighted by molar-refractivity contribution is -0.145. The smallest absolute Gasteiger partial charge is 0.245 e. The van der Waals surface area contributed by atoms with Gasteiger partial charge in [-0.2, -0.15) is 0 Å². The Morgan fingerprint density at radius 3 is 2.58 bits per heavy atom. The van der Waals surface area contributed by atoms with Gasteiger partial charge in [0.25, 0.3) is 0 Å². The van der Waals surface area contributed by atoms with Crippen molar-refractivity contribution >= 4 is 23.4 Å². The molecule has 196 valence electrons. The molecule has 5 rings (SSSR count). The summed E-state index contributed by atoms with van der Waals surface area (Å²) < 4.78 is 12.0. The van der Waals surface area contributed by atoms with Gasteiger partial charge in [0.2, 0.25) is 17.7 Å². The Hall–Kier alpha value is -2.53. The predicted octanol–water partition coefficient (Wildman–Crippen LogP) is 0.221. The number of aliphatic hydroxyl groups excluding tert-OH is 1. The molecule has 0 saturated carbocycles. The summed E-state index contributed by atoms with van der Waals surface area (Å²) in [4.78, 5) is 44.7. The fraction of sp³-hybridized carbons (Fsp3) is 0.654. The number of amides is 3. The number of nitrogens with one attached hydrogen (secondary N) is 2. The number of nitrogens with zero attached hydrogens (tertiary/aromatic N) is 2. The molecule has 1 aromatic rings. The molecule has 0 aromatic heterocycles. The van der Waals surface area contributed by atoms with Gasteiger partial charge >= 0.3 is 0 Å². The summed E-state index contributed by atoms with van der Waals surface area (Å²) in [5.41, 5.74) is -1.22. The zero-order valence-corrected chi connectivity index (χ0v) is 20.8. The highest BCUT2D eigenvalue weighted by atomic mass is 16.5. The van der Waals surface area contributed by atoms with Crippen molar-refractivity contribution in [2.24, 2.45) is 11.8 Å². The highest BCUT2D eigenvalue weighted by Crippen LogP contribution is 2.63. The number of carbonyl (C=O) groups is 3. The fourth-order valence-electron chi connectivity index (χ4n) is 6.61. The molecule has 0 aliphatic carbocycles. The van der Waals surface area contributed by atoms with Crippen molar-refractivity contribution in [1.82, 2.24) is 15.1 Å². The molecule has 10 nitrogen and oxygen atoms in total. The second-order valence-electron chi connectivity index (χ2n) is 10.4. The standard InChI is InChI=1S/C26H36N4O6/c1-25-8-9-26(36-25)20(19(25)22(32)28-18-6-3-2-4-7-18)24(34)30(11-5-15-31)21(26)23(33)27-10-12-29-13-16-35-17-14-29/h2-4,6-7,19-21,31H,5,8-17H2,1H3,(H,27,33)(H,28,32)/t19-,20-,21?,25+,26?/m0/s1. The number of benzene rings is 1. The third-order valence-corrected chi connectivity index (χ3v) is 8.24. The molecule has 4 saturated heterocycles. The van der Waals surface area contributed by atoms with Crippen molar-refractivity contribution in [3.63, 3.8) is 0 Å². The van der Waals surface area contributed by atoms with Crippen LogP contribution >= 0.6 is 0 Å². The number of para-hydroxylation sites is 1. The average molecular weight is 501 g/mol. The van der Waals surface area contributed by atoms with Gasteiger partial charge in [0, 0.05) is 45.0 Å². The fourth-order valence-corrected chi connectivity index (χ4v) is 6.61. The first-order chi connectivity index (χ1) is 17.4. The van der Waals surface area contributed by atoms with Gasteiger partial charge in [-0.15, -0.1) is 0 Å². The molecule has 36 heavy (non-hydrogen) atoms. The van der Waals surface area contributed by atoms with Crippen LogP contribution in [-0.2, 0) is 23.9 Å². The number of rotatable bonds is 9. The van der Waals surface area contributed by atoms with Crippen LogP contribution in [0.15, 0.2) is 30.3 Å². The van der Waals surface area contributed by atoms with Gasteiger partial charge in [-0.3, -0.25) is 19.3 Å². The summed E-state index contributed by atoms with van der Waals surface area (Å²) >= 11 is 0. The summed E-state index contributed by atoms with van der Waals surface area (Å²) in [6.45, 7) is 6.20. The maximum atomic E-state index is 13.8. The molecule has 2 bridgehead atoms. The van der Waals surface area contributed by atoms with Gasteiger partial charge in [0.15, 0.2) is 0 Å². The molecule has 2 unspecified atom stereocenters. The lowest BCUT2D eigenvalue weighted by atomic mass is 9.66. The monoisotopic (exact) mass is 500 g/mol. The Balaban J connectivity index is 1.37. The number of anilines is 1. The molecule has 3 N–H and O–H groups in total. The molecule has 1 aromatic carbocycles. The van der Waals surface area contributed by atoms with E-state index in [1.807, 2.05) is 25.1 Å². The van der Waals surface area contributed by atoms with Crippen LogP contribution in [0.5, 0.6) is 0 Å². The van der Waals surface area contributed by atoms with Crippen molar-refractivity contribution in [2.75, 3.05) is 57.9 Å². The summed E-state index contributed by atoms with van der Waals surface area (Å²) in [6, 6.07) is 8.32. The van der Waals surface area contributed by atoms with Crippen LogP contribution in [-0.4, -0.2) is 102 Å². The summed E-state index contributed by atoms with van der Waals surface area (Å²) in [5.74, 6) is -2.21. The van der Waals surface area contributed by atoms with Crippen molar-refractivity contribution in [1.29, 1.82) is 0 Å². The number of hydrogen-bond donors (Lipinski definition) is 3. The number of fused-ring (bicyclic) bond motifs is 1. The van der Waals surface area contributed by atoms with Crippen LogP contribution in [0.4, 0.5) is 5.69 Å². The summed E-state index contributed by atoms with van der Waals surface area (Å²) in [5, 5.41) is 15.4. The van der Waals surface area contributed by atoms with E-state index in [4.69, 9.17) is 9.47 Å². The number of ether oxygens (including phenoxy) is 2. The zero-order chi connectivity index (χ0) is 25.3. The predicted molar refractivity (Wildman–Crippen MR) is 131 cm³/mol. The Morgan fingerprint density at radius 2 is 1.86 bits per heavy atom. The van der Waals surface area contributed by atoms with E-state index in [2.05, 4.69) is 15.5 Å². The SMILES string of the molecule is C[C@]12CCC3(O1)C(C(=O)NCCN1CCOCC1)N(CCCO)C(=O)[C@@H]3[C@H]2C(=O)Nc1ccccc1. The molecule has 0 radical (unpaired) electrons. The van der Waals surface area contributed by atoms with E-state index in [-0.39, 0.29) is 30.9 Å². The van der Waals surface area contributed by atoms with Gasteiger partial charge in [-0.1, -0.05) is 18.2 Å². The first-order valence-corrected chi connectivity index (χ1v) is 12.9. The molecule has 4 aliphatic heterocycles. The van der Waals surface area contributed by atoms with Crippen LogP contribution in [0.2, 0.25) is 0 Å². The van der Waals surface area contributed by atoms with Gasteiger partial charge in [0.05, 0.1) is 30.7 Å². The van der Waals surface area contributed by atoms with Crippen molar-refractivity contribution in [2.45, 2.75) is 43.4 Å². The highest BCUT2D eigenvalue weighted by Gasteiger charge is 2.77. The van der Waals surface area contributed by atoms with Gasteiger partial charge in [-0.25, -0.2) is 0 Å². The maximum Gasteiger partial charge on any atom is 0.245 e. The number of morpholine rings is 1. The molecule has 1 spiro atoms. The first-order valence-electron chi connectivity index (χ1n) is 12.9. The van der Waals surface area contributed by atoms with E-state index in [1.165, 1.54) is 0 Å². The molecular formula is C26H36N4O6. The Kier molecular flexibility index (Phi) is 7.04. The van der Waals surface area contributed by atoms with Crippen LogP contribution in [0.3, 0.4) is 0 Å². The van der Waals surface area contributed by atoms with Crippen molar-refractivity contribution in [3.8, 4) is 0 Å². The Labute approximate surface area is 211 Å². The van der Waals surface area contributed by atoms with E-state index in [1.54, 1.807) is 17.0 Å². The number of aliphatic hydroxyl groups is 1. The summed E-state index contributed by atoms with van der Waals surface area (Å²) in [7, 11) is 0. The molecule has 4 aliphatic rings. The van der Waals surface area contributed by atoms with E-state index in [0.29, 0.717) is 51.3 Å². The first kappa shape index (κ1) is 25.1. The third-order valence-electron chi connectivity index (χ3n) is 8.24. The highest BCUT2D eigenvalue weighted by molar-refractivity contribution is 6.02. The minimum absolute atomic E-state index is 0.0939. The number of likely N-dealkylation sites (tertiary alicyclic amines) is 1.